The van der Waals surface area contributed by atoms with E-state index in [0.29, 0.717) is 23.5 Å². The van der Waals surface area contributed by atoms with Gasteiger partial charge in [-0.3, -0.25) is 19.3 Å². The molecule has 34 heavy (non-hydrogen) atoms. The van der Waals surface area contributed by atoms with Crippen molar-refractivity contribution >= 4 is 34.9 Å². The molecule has 1 saturated heterocycles. The van der Waals surface area contributed by atoms with Crippen molar-refractivity contribution in [2.75, 3.05) is 26.8 Å². The highest BCUT2D eigenvalue weighted by atomic mass is 32.2. The van der Waals surface area contributed by atoms with Crippen molar-refractivity contribution in [3.63, 3.8) is 0 Å². The molecule has 1 aliphatic heterocycles. The van der Waals surface area contributed by atoms with Gasteiger partial charge < -0.3 is 19.5 Å². The molecule has 180 valence electrons. The van der Waals surface area contributed by atoms with E-state index in [4.69, 9.17) is 9.47 Å². The Labute approximate surface area is 198 Å². The first-order valence-corrected chi connectivity index (χ1v) is 11.0. The number of halogens is 2. The first-order chi connectivity index (χ1) is 16.3. The number of hydrogen-bond acceptors (Lipinski definition) is 7. The average Bonchev–Trinajstić information content (AvgIpc) is 3.07. The lowest BCUT2D eigenvalue weighted by atomic mass is 10.2. The maximum atomic E-state index is 12.7. The Morgan fingerprint density at radius 2 is 1.88 bits per heavy atom. The van der Waals surface area contributed by atoms with Crippen molar-refractivity contribution in [1.29, 1.82) is 0 Å². The summed E-state index contributed by atoms with van der Waals surface area (Å²) in [6, 6.07) is 10.8. The molecule has 0 saturated carbocycles. The van der Waals surface area contributed by atoms with Gasteiger partial charge in [0.05, 0.1) is 18.6 Å². The van der Waals surface area contributed by atoms with Gasteiger partial charge in [-0.15, -0.1) is 0 Å². The van der Waals surface area contributed by atoms with Crippen LogP contribution in [0.3, 0.4) is 0 Å². The number of hydrogen-bond donors (Lipinski definition) is 1. The van der Waals surface area contributed by atoms with Gasteiger partial charge in [-0.2, -0.15) is 8.78 Å². The minimum Gasteiger partial charge on any atom is -0.494 e. The summed E-state index contributed by atoms with van der Waals surface area (Å²) in [4.78, 5) is 38.4. The number of benzene rings is 2. The van der Waals surface area contributed by atoms with Crippen LogP contribution in [-0.2, 0) is 4.79 Å². The number of ether oxygens (including phenoxy) is 3. The van der Waals surface area contributed by atoms with E-state index in [-0.39, 0.29) is 35.4 Å². The molecule has 1 heterocycles. The van der Waals surface area contributed by atoms with Gasteiger partial charge in [0, 0.05) is 18.7 Å². The normalized spacial score (nSPS) is 14.6. The second-order valence-corrected chi connectivity index (χ2v) is 7.83. The number of rotatable bonds is 10. The summed E-state index contributed by atoms with van der Waals surface area (Å²) in [7, 11) is 1.30. The number of amides is 3. The maximum Gasteiger partial charge on any atom is 0.387 e. The van der Waals surface area contributed by atoms with Gasteiger partial charge >= 0.3 is 6.61 Å². The van der Waals surface area contributed by atoms with Crippen LogP contribution in [0.4, 0.5) is 13.6 Å². The Hall–Kier alpha value is -3.60. The van der Waals surface area contributed by atoms with Gasteiger partial charge in [0.25, 0.3) is 17.1 Å². The number of carbonyl (C=O) groups excluding carboxylic acids is 3. The van der Waals surface area contributed by atoms with E-state index in [0.717, 1.165) is 16.7 Å². The molecule has 3 amide bonds. The summed E-state index contributed by atoms with van der Waals surface area (Å²) in [6.07, 6.45) is 1.46. The molecule has 3 rings (SSSR count). The predicted molar refractivity (Wildman–Crippen MR) is 122 cm³/mol. The third-order valence-electron chi connectivity index (χ3n) is 4.62. The monoisotopic (exact) mass is 492 g/mol. The second kappa shape index (κ2) is 11.5. The number of nitrogens with zero attached hydrogens (tertiary/aromatic N) is 1. The van der Waals surface area contributed by atoms with Crippen LogP contribution in [0.5, 0.6) is 17.2 Å². The van der Waals surface area contributed by atoms with Gasteiger partial charge in [-0.1, -0.05) is 6.07 Å². The number of nitrogens with one attached hydrogen (secondary N) is 1. The molecular formula is C23H22F2N2O6S. The van der Waals surface area contributed by atoms with Crippen molar-refractivity contribution in [2.45, 2.75) is 13.5 Å². The number of imide groups is 1. The van der Waals surface area contributed by atoms with Crippen molar-refractivity contribution in [3.8, 4) is 17.2 Å². The fourth-order valence-corrected chi connectivity index (χ4v) is 3.93. The minimum absolute atomic E-state index is 0.00470. The third kappa shape index (κ3) is 6.25. The summed E-state index contributed by atoms with van der Waals surface area (Å²) in [5, 5.41) is 2.20. The molecule has 1 N–H and O–H groups in total. The van der Waals surface area contributed by atoms with Crippen molar-refractivity contribution in [1.82, 2.24) is 10.2 Å². The largest absolute Gasteiger partial charge is 0.494 e. The molecule has 0 radical (unpaired) electrons. The molecule has 1 aliphatic rings. The number of methoxy groups -OCH3 is 1. The Morgan fingerprint density at radius 1 is 1.15 bits per heavy atom. The molecule has 0 bridgehead atoms. The van der Waals surface area contributed by atoms with E-state index >= 15 is 0 Å². The summed E-state index contributed by atoms with van der Waals surface area (Å²) < 4.78 is 39.7. The molecule has 11 heteroatoms. The molecular weight excluding hydrogens is 470 g/mol. The molecule has 0 spiro atoms. The smallest absolute Gasteiger partial charge is 0.387 e. The van der Waals surface area contributed by atoms with Gasteiger partial charge in [0.2, 0.25) is 0 Å². The van der Waals surface area contributed by atoms with Crippen molar-refractivity contribution in [2.24, 2.45) is 0 Å². The summed E-state index contributed by atoms with van der Waals surface area (Å²) in [5.41, 5.74) is 0.887. The van der Waals surface area contributed by atoms with Crippen LogP contribution >= 0.6 is 11.8 Å². The lowest BCUT2D eigenvalue weighted by molar-refractivity contribution is -0.122. The molecule has 0 atom stereocenters. The number of carbonyl (C=O) groups is 3. The van der Waals surface area contributed by atoms with Crippen molar-refractivity contribution in [3.05, 3.63) is 58.5 Å². The van der Waals surface area contributed by atoms with E-state index in [1.165, 1.54) is 31.4 Å². The van der Waals surface area contributed by atoms with Gasteiger partial charge in [0.1, 0.15) is 5.75 Å². The fraction of sp³-hybridized carbons (Fsp3) is 0.261. The summed E-state index contributed by atoms with van der Waals surface area (Å²) in [5.74, 6) is -0.297. The number of alkyl halides is 2. The Bertz CT molecular complexity index is 1090. The molecule has 2 aromatic carbocycles. The Balaban J connectivity index is 1.60. The van der Waals surface area contributed by atoms with Crippen LogP contribution < -0.4 is 19.5 Å². The lowest BCUT2D eigenvalue weighted by Crippen LogP contribution is -2.37. The fourth-order valence-electron chi connectivity index (χ4n) is 3.06. The van der Waals surface area contributed by atoms with Gasteiger partial charge in [-0.05, 0) is 66.7 Å². The predicted octanol–water partition coefficient (Wildman–Crippen LogP) is 4.16. The second-order valence-electron chi connectivity index (χ2n) is 6.84. The molecule has 8 nitrogen and oxygen atoms in total. The van der Waals surface area contributed by atoms with E-state index in [2.05, 4.69) is 10.1 Å². The Kier molecular flexibility index (Phi) is 8.47. The molecule has 2 aromatic rings. The lowest BCUT2D eigenvalue weighted by Gasteiger charge is -2.13. The van der Waals surface area contributed by atoms with Gasteiger partial charge in [0.15, 0.2) is 11.5 Å². The van der Waals surface area contributed by atoms with Crippen LogP contribution in [0.25, 0.3) is 6.08 Å². The quantitative estimate of drug-likeness (QED) is 0.498. The SMILES string of the molecule is CCOc1ccc(C(=O)NCCN2C(=O)S/C(=C\c3ccc(OC(F)F)c(OC)c3)C2=O)cc1. The van der Waals surface area contributed by atoms with E-state index in [9.17, 15) is 23.2 Å². The third-order valence-corrected chi connectivity index (χ3v) is 5.53. The topological polar surface area (TPSA) is 94.2 Å². The molecule has 1 fully saturated rings. The van der Waals surface area contributed by atoms with Gasteiger partial charge in [-0.25, -0.2) is 0 Å². The van der Waals surface area contributed by atoms with E-state index in [1.54, 1.807) is 24.3 Å². The van der Waals surface area contributed by atoms with Crippen LogP contribution in [0, 0.1) is 0 Å². The summed E-state index contributed by atoms with van der Waals surface area (Å²) >= 11 is 0.746. The first kappa shape index (κ1) is 25.0. The zero-order valence-corrected chi connectivity index (χ0v) is 19.2. The maximum absolute atomic E-state index is 12.7. The Morgan fingerprint density at radius 3 is 2.53 bits per heavy atom. The zero-order valence-electron chi connectivity index (χ0n) is 18.4. The van der Waals surface area contributed by atoms with E-state index < -0.39 is 17.8 Å². The molecule has 0 unspecified atom stereocenters. The highest BCUT2D eigenvalue weighted by Crippen LogP contribution is 2.34. The molecule has 0 aromatic heterocycles. The highest BCUT2D eigenvalue weighted by Gasteiger charge is 2.34. The standard InChI is InChI=1S/C23H22F2N2O6S/c1-3-32-16-7-5-15(6-8-16)20(28)26-10-11-27-21(29)19(34-23(27)30)13-14-4-9-17(33-22(24)25)18(12-14)31-2/h4-9,12-13,22H,3,10-11H2,1-2H3,(H,26,28)/b19-13-. The average molecular weight is 493 g/mol. The number of thioether (sulfide) groups is 1. The summed E-state index contributed by atoms with van der Waals surface area (Å²) in [6.45, 7) is -0.561. The highest BCUT2D eigenvalue weighted by molar-refractivity contribution is 8.18. The van der Waals surface area contributed by atoms with Crippen LogP contribution in [0.1, 0.15) is 22.8 Å². The zero-order chi connectivity index (χ0) is 24.7. The molecule has 0 aliphatic carbocycles. The minimum atomic E-state index is -3.01. The van der Waals surface area contributed by atoms with Crippen LogP contribution in [0.15, 0.2) is 47.4 Å². The van der Waals surface area contributed by atoms with Crippen LogP contribution in [0.2, 0.25) is 0 Å². The van der Waals surface area contributed by atoms with Crippen LogP contribution in [-0.4, -0.2) is 55.4 Å². The van der Waals surface area contributed by atoms with Crippen molar-refractivity contribution < 1.29 is 37.4 Å². The van der Waals surface area contributed by atoms with E-state index in [1.807, 2.05) is 6.92 Å². The first-order valence-electron chi connectivity index (χ1n) is 10.2.